The molecule has 3 rings (SSSR count). The zero-order valence-corrected chi connectivity index (χ0v) is 15.9. The highest BCUT2D eigenvalue weighted by atomic mass is 35.5. The summed E-state index contributed by atoms with van der Waals surface area (Å²) in [5, 5.41) is 8.19. The van der Waals surface area contributed by atoms with Crippen LogP contribution in [0.15, 0.2) is 48.7 Å². The second kappa shape index (κ2) is 7.99. The van der Waals surface area contributed by atoms with Gasteiger partial charge in [0.15, 0.2) is 12.4 Å². The molecule has 0 saturated carbocycles. The molecular weight excluding hydrogens is 397 g/mol. The molecule has 5 nitrogen and oxygen atoms in total. The Morgan fingerprint density at radius 2 is 1.85 bits per heavy atom. The quantitative estimate of drug-likeness (QED) is 0.609. The van der Waals surface area contributed by atoms with Crippen LogP contribution in [0.3, 0.4) is 0 Å². The molecule has 1 amide bonds. The summed E-state index contributed by atoms with van der Waals surface area (Å²) in [6.07, 6.45) is 1.65. The largest absolute Gasteiger partial charge is 0.470 e. The van der Waals surface area contributed by atoms with Crippen LogP contribution in [0.2, 0.25) is 15.1 Å². The highest BCUT2D eigenvalue weighted by molar-refractivity contribution is 6.42. The maximum atomic E-state index is 12.3. The lowest BCUT2D eigenvalue weighted by atomic mass is 10.2. The summed E-state index contributed by atoms with van der Waals surface area (Å²) in [4.78, 5) is 12.3. The Balaban J connectivity index is 1.64. The number of anilines is 1. The molecule has 1 N–H and O–H groups in total. The number of amides is 1. The van der Waals surface area contributed by atoms with Gasteiger partial charge in [-0.05, 0) is 48.9 Å². The van der Waals surface area contributed by atoms with Gasteiger partial charge in [-0.2, -0.15) is 5.10 Å². The van der Waals surface area contributed by atoms with Gasteiger partial charge in [0.1, 0.15) is 5.75 Å². The third-order valence-corrected chi connectivity index (χ3v) is 4.54. The summed E-state index contributed by atoms with van der Waals surface area (Å²) < 4.78 is 7.15. The van der Waals surface area contributed by atoms with E-state index in [9.17, 15) is 4.79 Å². The summed E-state index contributed by atoms with van der Waals surface area (Å²) in [7, 11) is 0. The third kappa shape index (κ3) is 4.49. The number of nitrogens with one attached hydrogen (secondary N) is 1. The molecule has 0 saturated heterocycles. The van der Waals surface area contributed by atoms with Crippen LogP contribution in [0.4, 0.5) is 5.69 Å². The number of aryl methyl sites for hydroxylation is 1. The summed E-state index contributed by atoms with van der Waals surface area (Å²) >= 11 is 17.9. The predicted molar refractivity (Wildman–Crippen MR) is 103 cm³/mol. The van der Waals surface area contributed by atoms with Gasteiger partial charge in [-0.15, -0.1) is 0 Å². The maximum Gasteiger partial charge on any atom is 0.276 e. The van der Waals surface area contributed by atoms with Crippen LogP contribution in [0.5, 0.6) is 5.75 Å². The van der Waals surface area contributed by atoms with Gasteiger partial charge in [0.25, 0.3) is 5.91 Å². The van der Waals surface area contributed by atoms with E-state index in [0.717, 1.165) is 5.56 Å². The van der Waals surface area contributed by atoms with Crippen molar-refractivity contribution in [2.45, 2.75) is 13.7 Å². The fraction of sp³-hybridized carbons (Fsp3) is 0.111. The van der Waals surface area contributed by atoms with Crippen LogP contribution in [-0.4, -0.2) is 15.7 Å². The lowest BCUT2D eigenvalue weighted by Crippen LogP contribution is -2.14. The number of hydrogen-bond donors (Lipinski definition) is 1. The summed E-state index contributed by atoms with van der Waals surface area (Å²) in [5.74, 6) is 0.194. The minimum atomic E-state index is -0.365. The van der Waals surface area contributed by atoms with Crippen LogP contribution in [-0.2, 0) is 6.73 Å². The first-order valence-electron chi connectivity index (χ1n) is 7.61. The van der Waals surface area contributed by atoms with Crippen molar-refractivity contribution in [1.29, 1.82) is 0 Å². The van der Waals surface area contributed by atoms with Gasteiger partial charge in [0.05, 0.1) is 15.1 Å². The van der Waals surface area contributed by atoms with Crippen LogP contribution < -0.4 is 10.1 Å². The van der Waals surface area contributed by atoms with Crippen molar-refractivity contribution in [2.24, 2.45) is 0 Å². The number of halogens is 3. The zero-order chi connectivity index (χ0) is 18.7. The summed E-state index contributed by atoms with van der Waals surface area (Å²) in [5.41, 5.74) is 1.81. The first-order chi connectivity index (χ1) is 12.4. The van der Waals surface area contributed by atoms with Crippen molar-refractivity contribution in [3.05, 3.63) is 75.0 Å². The minimum absolute atomic E-state index is 0.128. The highest BCUT2D eigenvalue weighted by Gasteiger charge is 2.11. The first-order valence-corrected chi connectivity index (χ1v) is 8.74. The van der Waals surface area contributed by atoms with Crippen molar-refractivity contribution in [1.82, 2.24) is 9.78 Å². The fourth-order valence-corrected chi connectivity index (χ4v) is 2.65. The van der Waals surface area contributed by atoms with Crippen LogP contribution in [0.25, 0.3) is 0 Å². The van der Waals surface area contributed by atoms with E-state index in [2.05, 4.69) is 10.4 Å². The molecule has 0 radical (unpaired) electrons. The molecular formula is C18H14Cl3N3O2. The molecule has 0 bridgehead atoms. The lowest BCUT2D eigenvalue weighted by Gasteiger charge is -2.08. The molecule has 2 aromatic carbocycles. The molecule has 1 aromatic heterocycles. The molecule has 26 heavy (non-hydrogen) atoms. The van der Waals surface area contributed by atoms with Gasteiger partial charge in [-0.1, -0.05) is 40.9 Å². The van der Waals surface area contributed by atoms with E-state index in [1.165, 1.54) is 4.68 Å². The molecule has 0 aliphatic carbocycles. The van der Waals surface area contributed by atoms with Crippen LogP contribution in [0.1, 0.15) is 16.1 Å². The fourth-order valence-electron chi connectivity index (χ4n) is 2.18. The molecule has 8 heteroatoms. The Labute approximate surface area is 165 Å². The Morgan fingerprint density at radius 3 is 2.62 bits per heavy atom. The number of rotatable bonds is 5. The second-order valence-corrected chi connectivity index (χ2v) is 6.75. The molecule has 134 valence electrons. The van der Waals surface area contributed by atoms with Crippen LogP contribution >= 0.6 is 34.8 Å². The van der Waals surface area contributed by atoms with E-state index < -0.39 is 0 Å². The molecule has 1 heterocycles. The van der Waals surface area contributed by atoms with Gasteiger partial charge in [0, 0.05) is 11.9 Å². The van der Waals surface area contributed by atoms with Crippen molar-refractivity contribution >= 4 is 46.4 Å². The number of ether oxygens (including phenoxy) is 1. The molecule has 0 aliphatic rings. The highest BCUT2D eigenvalue weighted by Crippen LogP contribution is 2.26. The van der Waals surface area contributed by atoms with E-state index in [4.69, 9.17) is 39.5 Å². The number of nitrogens with zero attached hydrogens (tertiary/aromatic N) is 2. The normalized spacial score (nSPS) is 10.6. The standard InChI is InChI=1S/C18H14Cl3N3O2/c1-11-2-4-14(20)17(8-11)26-10-24-7-6-16(23-24)18(25)22-12-3-5-13(19)15(21)9-12/h2-9H,10H2,1H3,(H,22,25). The van der Waals surface area contributed by atoms with Crippen molar-refractivity contribution in [2.75, 3.05) is 5.32 Å². The van der Waals surface area contributed by atoms with Crippen molar-refractivity contribution < 1.29 is 9.53 Å². The average molecular weight is 411 g/mol. The molecule has 3 aromatic rings. The van der Waals surface area contributed by atoms with Crippen LogP contribution in [0, 0.1) is 6.92 Å². The number of carbonyl (C=O) groups is 1. The monoisotopic (exact) mass is 409 g/mol. The predicted octanol–water partition coefficient (Wildman–Crippen LogP) is 5.44. The van der Waals surface area contributed by atoms with Gasteiger partial charge in [-0.25, -0.2) is 4.68 Å². The van der Waals surface area contributed by atoms with Gasteiger partial charge < -0.3 is 10.1 Å². The molecule has 0 aliphatic heterocycles. The van der Waals surface area contributed by atoms with E-state index in [1.54, 1.807) is 36.5 Å². The average Bonchev–Trinajstić information content (AvgIpc) is 3.08. The Hall–Kier alpha value is -2.21. The van der Waals surface area contributed by atoms with Gasteiger partial charge in [-0.3, -0.25) is 4.79 Å². The SMILES string of the molecule is Cc1ccc(Cl)c(OCn2ccc(C(=O)Nc3ccc(Cl)c(Cl)c3)n2)c1. The second-order valence-electron chi connectivity index (χ2n) is 5.53. The smallest absolute Gasteiger partial charge is 0.276 e. The third-order valence-electron chi connectivity index (χ3n) is 3.49. The van der Waals surface area contributed by atoms with Crippen molar-refractivity contribution in [3.8, 4) is 5.75 Å². The summed E-state index contributed by atoms with van der Waals surface area (Å²) in [6.45, 7) is 2.08. The van der Waals surface area contributed by atoms with E-state index in [0.29, 0.717) is 26.5 Å². The van der Waals surface area contributed by atoms with Crippen molar-refractivity contribution in [3.63, 3.8) is 0 Å². The minimum Gasteiger partial charge on any atom is -0.470 e. The Bertz CT molecular complexity index is 957. The number of carbonyl (C=O) groups excluding carboxylic acids is 1. The topological polar surface area (TPSA) is 56.1 Å². The molecule has 0 unspecified atom stereocenters. The van der Waals surface area contributed by atoms with E-state index in [1.807, 2.05) is 19.1 Å². The summed E-state index contributed by atoms with van der Waals surface area (Å²) in [6, 6.07) is 11.9. The maximum absolute atomic E-state index is 12.3. The number of benzene rings is 2. The van der Waals surface area contributed by atoms with Gasteiger partial charge >= 0.3 is 0 Å². The number of aromatic nitrogens is 2. The first kappa shape index (κ1) is 18.6. The number of hydrogen-bond acceptors (Lipinski definition) is 3. The zero-order valence-electron chi connectivity index (χ0n) is 13.7. The lowest BCUT2D eigenvalue weighted by molar-refractivity contribution is 0.102. The molecule has 0 atom stereocenters. The van der Waals surface area contributed by atoms with E-state index in [-0.39, 0.29) is 18.3 Å². The Morgan fingerprint density at radius 1 is 1.08 bits per heavy atom. The molecule has 0 fully saturated rings. The Kier molecular flexibility index (Phi) is 5.71. The van der Waals surface area contributed by atoms with Gasteiger partial charge in [0.2, 0.25) is 0 Å². The molecule has 0 spiro atoms. The van der Waals surface area contributed by atoms with E-state index >= 15 is 0 Å².